The van der Waals surface area contributed by atoms with E-state index in [1.54, 1.807) is 4.90 Å². The highest BCUT2D eigenvalue weighted by Gasteiger charge is 2.36. The molecular formula is C17H21N5O2S. The van der Waals surface area contributed by atoms with Crippen LogP contribution in [0, 0.1) is 12.8 Å². The molecule has 0 saturated heterocycles. The van der Waals surface area contributed by atoms with Gasteiger partial charge in [-0.05, 0) is 24.5 Å². The number of hydrogen-bond donors (Lipinski definition) is 2. The number of aryl methyl sites for hydroxylation is 1. The van der Waals surface area contributed by atoms with Crippen LogP contribution < -0.4 is 10.6 Å². The summed E-state index contributed by atoms with van der Waals surface area (Å²) < 4.78 is 0. The van der Waals surface area contributed by atoms with Gasteiger partial charge in [0.1, 0.15) is 11.0 Å². The molecule has 2 heterocycles. The summed E-state index contributed by atoms with van der Waals surface area (Å²) in [4.78, 5) is 27.3. The largest absolute Gasteiger partial charge is 0.324 e. The molecule has 1 aliphatic heterocycles. The number of nitrogens with one attached hydrogen (secondary N) is 2. The highest BCUT2D eigenvalue weighted by atomic mass is 32.1. The second kappa shape index (κ2) is 7.18. The molecule has 1 aliphatic rings. The fourth-order valence-corrected chi connectivity index (χ4v) is 3.49. The molecule has 0 bridgehead atoms. The topological polar surface area (TPSA) is 87.2 Å². The lowest BCUT2D eigenvalue weighted by atomic mass is 9.97. The molecule has 1 aromatic heterocycles. The third-order valence-corrected chi connectivity index (χ3v) is 5.16. The van der Waals surface area contributed by atoms with Crippen molar-refractivity contribution >= 4 is 34.1 Å². The lowest BCUT2D eigenvalue weighted by Gasteiger charge is -2.32. The van der Waals surface area contributed by atoms with Crippen LogP contribution in [0.3, 0.4) is 0 Å². The van der Waals surface area contributed by atoms with Gasteiger partial charge in [-0.25, -0.2) is 4.79 Å². The summed E-state index contributed by atoms with van der Waals surface area (Å²) in [5.74, 6) is -0.140. The van der Waals surface area contributed by atoms with E-state index >= 15 is 0 Å². The molecule has 0 aliphatic carbocycles. The molecule has 2 atom stereocenters. The van der Waals surface area contributed by atoms with Gasteiger partial charge in [0, 0.05) is 5.69 Å². The van der Waals surface area contributed by atoms with Crippen LogP contribution in [-0.4, -0.2) is 33.1 Å². The van der Waals surface area contributed by atoms with Crippen molar-refractivity contribution in [1.29, 1.82) is 0 Å². The van der Waals surface area contributed by atoms with Gasteiger partial charge in [0.2, 0.25) is 11.0 Å². The number of hydrogen-bond acceptors (Lipinski definition) is 5. The maximum Gasteiger partial charge on any atom is 0.324 e. The number of rotatable bonds is 3. The van der Waals surface area contributed by atoms with Gasteiger partial charge in [0.25, 0.3) is 0 Å². The number of urea groups is 1. The summed E-state index contributed by atoms with van der Waals surface area (Å²) in [7, 11) is 0. The molecule has 0 saturated carbocycles. The fraction of sp³-hybridized carbons (Fsp3) is 0.412. The molecule has 3 rings (SSSR count). The van der Waals surface area contributed by atoms with E-state index < -0.39 is 6.04 Å². The normalized spacial score (nSPS) is 18.1. The summed E-state index contributed by atoms with van der Waals surface area (Å²) >= 11 is 1.31. The highest BCUT2D eigenvalue weighted by molar-refractivity contribution is 7.15. The van der Waals surface area contributed by atoms with Crippen LogP contribution in [0.4, 0.5) is 15.6 Å². The van der Waals surface area contributed by atoms with Crippen LogP contribution >= 0.6 is 11.3 Å². The fourth-order valence-electron chi connectivity index (χ4n) is 2.91. The molecular weight excluding hydrogens is 338 g/mol. The van der Waals surface area contributed by atoms with Gasteiger partial charge in [0.15, 0.2) is 0 Å². The molecule has 8 heteroatoms. The monoisotopic (exact) mass is 359 g/mol. The first kappa shape index (κ1) is 17.3. The first-order valence-corrected chi connectivity index (χ1v) is 9.07. The van der Waals surface area contributed by atoms with Crippen molar-refractivity contribution in [2.24, 2.45) is 5.92 Å². The third kappa shape index (κ3) is 3.63. The minimum Gasteiger partial charge on any atom is -0.324 e. The molecule has 0 radical (unpaired) electrons. The minimum atomic E-state index is -0.550. The Balaban J connectivity index is 1.93. The molecule has 25 heavy (non-hydrogen) atoms. The van der Waals surface area contributed by atoms with Gasteiger partial charge >= 0.3 is 6.03 Å². The number of para-hydroxylation sites is 1. The molecule has 3 amide bonds. The molecule has 2 aromatic rings. The van der Waals surface area contributed by atoms with Crippen LogP contribution in [0.1, 0.15) is 30.8 Å². The molecule has 0 spiro atoms. The number of aromatic nitrogens is 2. The van der Waals surface area contributed by atoms with Crippen molar-refractivity contribution in [2.45, 2.75) is 39.8 Å². The average molecular weight is 359 g/mol. The maximum absolute atomic E-state index is 12.9. The Hall–Kier alpha value is -2.48. The Morgan fingerprint density at radius 1 is 1.44 bits per heavy atom. The smallest absolute Gasteiger partial charge is 0.324 e. The molecule has 0 unspecified atom stereocenters. The van der Waals surface area contributed by atoms with Crippen molar-refractivity contribution in [3.63, 3.8) is 0 Å². The Morgan fingerprint density at radius 3 is 2.88 bits per heavy atom. The molecule has 132 valence electrons. The van der Waals surface area contributed by atoms with Crippen LogP contribution in [-0.2, 0) is 11.3 Å². The van der Waals surface area contributed by atoms with Crippen molar-refractivity contribution in [2.75, 3.05) is 10.6 Å². The zero-order chi connectivity index (χ0) is 18.0. The Bertz CT molecular complexity index is 791. The van der Waals surface area contributed by atoms with E-state index in [1.165, 1.54) is 11.3 Å². The number of nitrogens with zero attached hydrogens (tertiary/aromatic N) is 3. The maximum atomic E-state index is 12.9. The highest BCUT2D eigenvalue weighted by Crippen LogP contribution is 2.28. The van der Waals surface area contributed by atoms with E-state index in [9.17, 15) is 9.59 Å². The molecule has 7 nitrogen and oxygen atoms in total. The number of anilines is 2. The number of carbonyl (C=O) groups excluding carboxylic acids is 2. The summed E-state index contributed by atoms with van der Waals surface area (Å²) in [6.07, 6.45) is 0.788. The molecule has 2 N–H and O–H groups in total. The van der Waals surface area contributed by atoms with Crippen LogP contribution in [0.15, 0.2) is 24.3 Å². The van der Waals surface area contributed by atoms with Crippen LogP contribution in [0.2, 0.25) is 0 Å². The van der Waals surface area contributed by atoms with E-state index in [2.05, 4.69) is 20.8 Å². The quantitative estimate of drug-likeness (QED) is 0.881. The Labute approximate surface area is 150 Å². The summed E-state index contributed by atoms with van der Waals surface area (Å²) in [6.45, 7) is 6.17. The van der Waals surface area contributed by atoms with E-state index in [4.69, 9.17) is 0 Å². The van der Waals surface area contributed by atoms with Crippen LogP contribution in [0.25, 0.3) is 0 Å². The molecule has 0 fully saturated rings. The summed E-state index contributed by atoms with van der Waals surface area (Å²) in [5, 5.41) is 14.8. The van der Waals surface area contributed by atoms with E-state index in [0.29, 0.717) is 11.7 Å². The van der Waals surface area contributed by atoms with E-state index in [0.717, 1.165) is 22.7 Å². The predicted molar refractivity (Wildman–Crippen MR) is 97.5 cm³/mol. The zero-order valence-electron chi connectivity index (χ0n) is 14.4. The first-order chi connectivity index (χ1) is 12.0. The third-order valence-electron chi connectivity index (χ3n) is 4.40. The lowest BCUT2D eigenvalue weighted by Crippen LogP contribution is -2.50. The van der Waals surface area contributed by atoms with Gasteiger partial charge in [-0.3, -0.25) is 10.1 Å². The van der Waals surface area contributed by atoms with Gasteiger partial charge < -0.3 is 10.2 Å². The zero-order valence-corrected chi connectivity index (χ0v) is 15.3. The number of fused-ring (bicyclic) bond motifs is 1. The SMILES string of the molecule is CC[C@H](C)[C@H]1C(=O)Nc2ccccc2CN1C(=O)Nc1nnc(C)s1. The number of amides is 3. The Kier molecular flexibility index (Phi) is 4.98. The first-order valence-electron chi connectivity index (χ1n) is 8.26. The van der Waals surface area contributed by atoms with E-state index in [1.807, 2.05) is 45.0 Å². The van der Waals surface area contributed by atoms with Crippen molar-refractivity contribution in [3.05, 3.63) is 34.8 Å². The second-order valence-electron chi connectivity index (χ2n) is 6.16. The van der Waals surface area contributed by atoms with Gasteiger partial charge in [0.05, 0.1) is 6.54 Å². The average Bonchev–Trinajstić information content (AvgIpc) is 2.92. The van der Waals surface area contributed by atoms with Crippen molar-refractivity contribution < 1.29 is 9.59 Å². The molecule has 1 aromatic carbocycles. The number of benzene rings is 1. The standard InChI is InChI=1S/C17H21N5O2S/c1-4-10(2)14-15(23)18-13-8-6-5-7-12(13)9-22(14)17(24)19-16-21-20-11(3)25-16/h5-8,10,14H,4,9H2,1-3H3,(H,18,23)(H,19,21,24)/t10-,14-/m0/s1. The predicted octanol–water partition coefficient (Wildman–Crippen LogP) is 3.25. The lowest BCUT2D eigenvalue weighted by molar-refractivity contribution is -0.121. The van der Waals surface area contributed by atoms with E-state index in [-0.39, 0.29) is 17.9 Å². The summed E-state index contributed by atoms with van der Waals surface area (Å²) in [6, 6.07) is 6.66. The Morgan fingerprint density at radius 2 is 2.20 bits per heavy atom. The van der Waals surface area contributed by atoms with Crippen molar-refractivity contribution in [1.82, 2.24) is 15.1 Å². The minimum absolute atomic E-state index is 0.0243. The van der Waals surface area contributed by atoms with Gasteiger partial charge in [-0.2, -0.15) is 0 Å². The van der Waals surface area contributed by atoms with Gasteiger partial charge in [-0.1, -0.05) is 49.8 Å². The second-order valence-corrected chi connectivity index (χ2v) is 7.34. The summed E-state index contributed by atoms with van der Waals surface area (Å²) in [5.41, 5.74) is 1.66. The van der Waals surface area contributed by atoms with Crippen LogP contribution in [0.5, 0.6) is 0 Å². The van der Waals surface area contributed by atoms with Gasteiger partial charge in [-0.15, -0.1) is 10.2 Å². The number of carbonyl (C=O) groups is 2. The van der Waals surface area contributed by atoms with Crippen molar-refractivity contribution in [3.8, 4) is 0 Å².